The van der Waals surface area contributed by atoms with Crippen LogP contribution in [-0.2, 0) is 12.8 Å². The van der Waals surface area contributed by atoms with Crippen LogP contribution in [0.15, 0.2) is 48.5 Å². The van der Waals surface area contributed by atoms with E-state index >= 15 is 0 Å². The van der Waals surface area contributed by atoms with E-state index in [0.717, 1.165) is 29.7 Å². The minimum atomic E-state index is 0.0533. The van der Waals surface area contributed by atoms with Gasteiger partial charge in [-0.15, -0.1) is 0 Å². The maximum absolute atomic E-state index is 12.4. The van der Waals surface area contributed by atoms with Gasteiger partial charge in [0.25, 0.3) is 5.91 Å². The Kier molecular flexibility index (Phi) is 5.59. The van der Waals surface area contributed by atoms with Gasteiger partial charge in [-0.25, -0.2) is 0 Å². The Balaban J connectivity index is 1.98. The van der Waals surface area contributed by atoms with Gasteiger partial charge in [0.1, 0.15) is 5.75 Å². The fourth-order valence-corrected chi connectivity index (χ4v) is 2.40. The summed E-state index contributed by atoms with van der Waals surface area (Å²) in [6.07, 6.45) is 1.76. The zero-order valence-corrected chi connectivity index (χ0v) is 13.5. The van der Waals surface area contributed by atoms with Crippen molar-refractivity contribution >= 4 is 5.91 Å². The number of carbonyl (C=O) groups excluding carboxylic acids is 1. The van der Waals surface area contributed by atoms with Crippen LogP contribution in [0, 0.1) is 0 Å². The number of hydrogen-bond donors (Lipinski definition) is 0. The van der Waals surface area contributed by atoms with E-state index in [-0.39, 0.29) is 5.91 Å². The third-order valence-corrected chi connectivity index (χ3v) is 3.86. The highest BCUT2D eigenvalue weighted by Gasteiger charge is 2.12. The number of methoxy groups -OCH3 is 1. The molecule has 116 valence electrons. The van der Waals surface area contributed by atoms with Crippen molar-refractivity contribution in [3.8, 4) is 5.75 Å². The van der Waals surface area contributed by atoms with E-state index in [0.29, 0.717) is 6.54 Å². The summed E-state index contributed by atoms with van der Waals surface area (Å²) < 4.78 is 5.34. The van der Waals surface area contributed by atoms with Gasteiger partial charge >= 0.3 is 0 Å². The standard InChI is InChI=1S/C19H23NO2/c1-4-15-9-11-17(12-10-15)19(21)20(2)14-13-16-7-5-6-8-18(16)22-3/h5-12H,4,13-14H2,1-3H3. The highest BCUT2D eigenvalue weighted by molar-refractivity contribution is 5.94. The Labute approximate surface area is 132 Å². The van der Waals surface area contributed by atoms with Gasteiger partial charge in [-0.2, -0.15) is 0 Å². The van der Waals surface area contributed by atoms with Crippen LogP contribution in [0.3, 0.4) is 0 Å². The van der Waals surface area contributed by atoms with Gasteiger partial charge in [-0.1, -0.05) is 37.3 Å². The first-order valence-corrected chi connectivity index (χ1v) is 7.62. The largest absolute Gasteiger partial charge is 0.496 e. The number of para-hydroxylation sites is 1. The summed E-state index contributed by atoms with van der Waals surface area (Å²) >= 11 is 0. The van der Waals surface area contributed by atoms with Crippen molar-refractivity contribution in [3.63, 3.8) is 0 Å². The summed E-state index contributed by atoms with van der Waals surface area (Å²) in [5.74, 6) is 0.924. The zero-order chi connectivity index (χ0) is 15.9. The molecular formula is C19H23NO2. The molecule has 1 amide bonds. The molecule has 0 N–H and O–H groups in total. The van der Waals surface area contributed by atoms with E-state index in [1.807, 2.05) is 55.6 Å². The van der Waals surface area contributed by atoms with Crippen LogP contribution in [0.5, 0.6) is 5.75 Å². The number of amides is 1. The van der Waals surface area contributed by atoms with E-state index in [1.54, 1.807) is 12.0 Å². The summed E-state index contributed by atoms with van der Waals surface area (Å²) in [6.45, 7) is 2.77. The van der Waals surface area contributed by atoms with Crippen molar-refractivity contribution < 1.29 is 9.53 Å². The lowest BCUT2D eigenvalue weighted by atomic mass is 10.1. The number of rotatable bonds is 6. The molecule has 2 aromatic carbocycles. The molecule has 0 saturated heterocycles. The molecule has 0 aliphatic rings. The monoisotopic (exact) mass is 297 g/mol. The number of aryl methyl sites for hydroxylation is 1. The quantitative estimate of drug-likeness (QED) is 0.815. The van der Waals surface area contributed by atoms with Crippen LogP contribution in [0.2, 0.25) is 0 Å². The fraction of sp³-hybridized carbons (Fsp3) is 0.316. The molecule has 0 spiro atoms. The molecule has 22 heavy (non-hydrogen) atoms. The van der Waals surface area contributed by atoms with Crippen molar-refractivity contribution in [2.45, 2.75) is 19.8 Å². The molecule has 3 nitrogen and oxygen atoms in total. The van der Waals surface area contributed by atoms with Crippen LogP contribution in [-0.4, -0.2) is 31.5 Å². The summed E-state index contributed by atoms with van der Waals surface area (Å²) in [5, 5.41) is 0. The van der Waals surface area contributed by atoms with E-state index < -0.39 is 0 Å². The Hall–Kier alpha value is -2.29. The average molecular weight is 297 g/mol. The first-order valence-electron chi connectivity index (χ1n) is 7.62. The molecule has 0 aliphatic heterocycles. The molecule has 3 heteroatoms. The van der Waals surface area contributed by atoms with E-state index in [9.17, 15) is 4.79 Å². The molecule has 0 unspecified atom stereocenters. The molecule has 0 fully saturated rings. The van der Waals surface area contributed by atoms with Crippen molar-refractivity contribution in [1.82, 2.24) is 4.90 Å². The van der Waals surface area contributed by atoms with Crippen molar-refractivity contribution in [1.29, 1.82) is 0 Å². The van der Waals surface area contributed by atoms with Gasteiger partial charge in [-0.3, -0.25) is 4.79 Å². The van der Waals surface area contributed by atoms with Crippen molar-refractivity contribution in [2.24, 2.45) is 0 Å². The molecule has 0 aliphatic carbocycles. The minimum Gasteiger partial charge on any atom is -0.496 e. The Bertz CT molecular complexity index is 620. The maximum atomic E-state index is 12.4. The molecule has 0 bridgehead atoms. The SMILES string of the molecule is CCc1ccc(C(=O)N(C)CCc2ccccc2OC)cc1. The number of carbonyl (C=O) groups is 1. The lowest BCUT2D eigenvalue weighted by Crippen LogP contribution is -2.28. The topological polar surface area (TPSA) is 29.5 Å². The average Bonchev–Trinajstić information content (AvgIpc) is 2.59. The van der Waals surface area contributed by atoms with Gasteiger partial charge in [0.2, 0.25) is 0 Å². The van der Waals surface area contributed by atoms with Crippen molar-refractivity contribution in [3.05, 3.63) is 65.2 Å². The fourth-order valence-electron chi connectivity index (χ4n) is 2.40. The molecule has 0 saturated carbocycles. The molecule has 0 heterocycles. The first kappa shape index (κ1) is 16.1. The van der Waals surface area contributed by atoms with E-state index in [2.05, 4.69) is 6.92 Å². The second kappa shape index (κ2) is 7.64. The van der Waals surface area contributed by atoms with Crippen LogP contribution in [0.25, 0.3) is 0 Å². The highest BCUT2D eigenvalue weighted by Crippen LogP contribution is 2.18. The van der Waals surface area contributed by atoms with Crippen LogP contribution in [0.1, 0.15) is 28.4 Å². The van der Waals surface area contributed by atoms with Crippen LogP contribution in [0.4, 0.5) is 0 Å². The molecule has 2 rings (SSSR count). The van der Waals surface area contributed by atoms with Crippen LogP contribution < -0.4 is 4.74 Å². The number of benzene rings is 2. The molecule has 0 radical (unpaired) electrons. The van der Waals surface area contributed by atoms with Gasteiger partial charge in [0.05, 0.1) is 7.11 Å². The van der Waals surface area contributed by atoms with Crippen molar-refractivity contribution in [2.75, 3.05) is 20.7 Å². The molecule has 0 aromatic heterocycles. The molecule has 2 aromatic rings. The van der Waals surface area contributed by atoms with Gasteiger partial charge in [-0.05, 0) is 42.2 Å². The summed E-state index contributed by atoms with van der Waals surface area (Å²) in [5.41, 5.74) is 3.10. The number of likely N-dealkylation sites (N-methyl/N-ethyl adjacent to an activating group) is 1. The predicted molar refractivity (Wildman–Crippen MR) is 89.5 cm³/mol. The second-order valence-corrected chi connectivity index (χ2v) is 5.34. The molecular weight excluding hydrogens is 274 g/mol. The normalized spacial score (nSPS) is 10.3. The van der Waals surface area contributed by atoms with Gasteiger partial charge in [0.15, 0.2) is 0 Å². The first-order chi connectivity index (χ1) is 10.7. The predicted octanol–water partition coefficient (Wildman–Crippen LogP) is 3.57. The summed E-state index contributed by atoms with van der Waals surface area (Å²) in [4.78, 5) is 14.2. The summed E-state index contributed by atoms with van der Waals surface area (Å²) in [7, 11) is 3.51. The third-order valence-electron chi connectivity index (χ3n) is 3.86. The number of nitrogens with zero attached hydrogens (tertiary/aromatic N) is 1. The lowest BCUT2D eigenvalue weighted by Gasteiger charge is -2.18. The van der Waals surface area contributed by atoms with Gasteiger partial charge < -0.3 is 9.64 Å². The third kappa shape index (κ3) is 3.88. The minimum absolute atomic E-state index is 0.0533. The zero-order valence-electron chi connectivity index (χ0n) is 13.5. The van der Waals surface area contributed by atoms with Gasteiger partial charge in [0, 0.05) is 19.2 Å². The number of ether oxygens (including phenoxy) is 1. The second-order valence-electron chi connectivity index (χ2n) is 5.34. The number of hydrogen-bond acceptors (Lipinski definition) is 2. The summed E-state index contributed by atoms with van der Waals surface area (Å²) in [6, 6.07) is 15.8. The van der Waals surface area contributed by atoms with E-state index in [1.165, 1.54) is 5.56 Å². The Morgan fingerprint density at radius 2 is 1.77 bits per heavy atom. The maximum Gasteiger partial charge on any atom is 0.253 e. The highest BCUT2D eigenvalue weighted by atomic mass is 16.5. The van der Waals surface area contributed by atoms with E-state index in [4.69, 9.17) is 4.74 Å². The van der Waals surface area contributed by atoms with Crippen LogP contribution >= 0.6 is 0 Å². The molecule has 0 atom stereocenters. The Morgan fingerprint density at radius 3 is 2.41 bits per heavy atom. The Morgan fingerprint density at radius 1 is 1.09 bits per heavy atom. The smallest absolute Gasteiger partial charge is 0.253 e. The lowest BCUT2D eigenvalue weighted by molar-refractivity contribution is 0.0796.